The average molecular weight is 326 g/mol. The van der Waals surface area contributed by atoms with E-state index < -0.39 is 0 Å². The van der Waals surface area contributed by atoms with E-state index >= 15 is 0 Å². The zero-order valence-electron chi connectivity index (χ0n) is 10.2. The first-order valence-electron chi connectivity index (χ1n) is 5.88. The van der Waals surface area contributed by atoms with Crippen molar-refractivity contribution >= 4 is 27.3 Å². The van der Waals surface area contributed by atoms with Gasteiger partial charge < -0.3 is 0 Å². The lowest BCUT2D eigenvalue weighted by Gasteiger charge is -2.13. The van der Waals surface area contributed by atoms with E-state index in [2.05, 4.69) is 51.5 Å². The zero-order valence-corrected chi connectivity index (χ0v) is 12.6. The predicted octanol–water partition coefficient (Wildman–Crippen LogP) is 3.22. The van der Waals surface area contributed by atoms with E-state index in [4.69, 9.17) is 5.84 Å². The lowest BCUT2D eigenvalue weighted by atomic mass is 10.1. The third-order valence-corrected chi connectivity index (χ3v) is 4.58. The normalized spacial score (nSPS) is 12.6. The summed E-state index contributed by atoms with van der Waals surface area (Å²) in [6.45, 7) is 2.13. The molecule has 2 aromatic heterocycles. The summed E-state index contributed by atoms with van der Waals surface area (Å²) in [5.41, 5.74) is 5.17. The van der Waals surface area contributed by atoms with Crippen molar-refractivity contribution in [1.82, 2.24) is 10.4 Å². The van der Waals surface area contributed by atoms with E-state index in [-0.39, 0.29) is 6.04 Å². The van der Waals surface area contributed by atoms with Crippen LogP contribution in [0.3, 0.4) is 0 Å². The maximum absolute atomic E-state index is 5.63. The Morgan fingerprint density at radius 3 is 2.72 bits per heavy atom. The Balaban J connectivity index is 2.10. The molecule has 3 nitrogen and oxygen atoms in total. The van der Waals surface area contributed by atoms with Crippen LogP contribution in [-0.2, 0) is 12.8 Å². The number of hydrazine groups is 1. The molecule has 96 valence electrons. The molecule has 0 aliphatic rings. The summed E-state index contributed by atoms with van der Waals surface area (Å²) in [4.78, 5) is 5.68. The Hall–Kier alpha value is -0.750. The van der Waals surface area contributed by atoms with E-state index in [1.807, 2.05) is 12.3 Å². The maximum Gasteiger partial charge on any atom is 0.0702 e. The first-order chi connectivity index (χ1) is 8.72. The van der Waals surface area contributed by atoms with Gasteiger partial charge in [-0.15, -0.1) is 11.3 Å². The molecule has 1 unspecified atom stereocenters. The molecule has 0 aromatic carbocycles. The summed E-state index contributed by atoms with van der Waals surface area (Å²) in [6.07, 6.45) is 3.75. The second-order valence-electron chi connectivity index (χ2n) is 4.08. The van der Waals surface area contributed by atoms with Crippen LogP contribution in [0.1, 0.15) is 29.1 Å². The highest BCUT2D eigenvalue weighted by Crippen LogP contribution is 2.28. The second kappa shape index (κ2) is 6.43. The first kappa shape index (κ1) is 13.7. The van der Waals surface area contributed by atoms with Gasteiger partial charge in [0, 0.05) is 23.2 Å². The number of hydrogen-bond donors (Lipinski definition) is 2. The molecular formula is C13H16BrN3S. The Bertz CT molecular complexity index is 495. The predicted molar refractivity (Wildman–Crippen MR) is 79.4 cm³/mol. The number of aryl methyl sites for hydroxylation is 1. The minimum atomic E-state index is 0.112. The van der Waals surface area contributed by atoms with Gasteiger partial charge in [-0.05, 0) is 46.1 Å². The van der Waals surface area contributed by atoms with Crippen molar-refractivity contribution in [2.24, 2.45) is 5.84 Å². The van der Waals surface area contributed by atoms with Gasteiger partial charge in [-0.1, -0.05) is 13.0 Å². The van der Waals surface area contributed by atoms with E-state index in [9.17, 15) is 0 Å². The smallest absolute Gasteiger partial charge is 0.0702 e. The molecule has 0 aliphatic heterocycles. The Morgan fingerprint density at radius 2 is 2.22 bits per heavy atom. The number of nitrogens with one attached hydrogen (secondary N) is 1. The van der Waals surface area contributed by atoms with Gasteiger partial charge in [0.15, 0.2) is 0 Å². The van der Waals surface area contributed by atoms with Crippen molar-refractivity contribution in [2.75, 3.05) is 0 Å². The molecule has 2 aromatic rings. The summed E-state index contributed by atoms with van der Waals surface area (Å²) >= 11 is 5.16. The summed E-state index contributed by atoms with van der Waals surface area (Å²) in [6, 6.07) is 8.44. The Morgan fingerprint density at radius 1 is 1.39 bits per heavy atom. The standard InChI is InChI=1S/C13H16BrN3S/c1-2-9-3-4-10(16-8-9)7-11(17-15)12-5-6-13(14)18-12/h3-6,8,11,17H,2,7,15H2,1H3. The van der Waals surface area contributed by atoms with Crippen LogP contribution in [0.2, 0.25) is 0 Å². The molecule has 1 atom stereocenters. The van der Waals surface area contributed by atoms with Crippen LogP contribution in [0.4, 0.5) is 0 Å². The van der Waals surface area contributed by atoms with Gasteiger partial charge in [0.25, 0.3) is 0 Å². The SMILES string of the molecule is CCc1ccc(CC(NN)c2ccc(Br)s2)nc1. The van der Waals surface area contributed by atoms with Gasteiger partial charge in [-0.3, -0.25) is 16.3 Å². The number of pyridine rings is 1. The number of aromatic nitrogens is 1. The fourth-order valence-corrected chi connectivity index (χ4v) is 3.24. The number of nitrogens with zero attached hydrogens (tertiary/aromatic N) is 1. The van der Waals surface area contributed by atoms with Crippen molar-refractivity contribution < 1.29 is 0 Å². The van der Waals surface area contributed by atoms with Gasteiger partial charge in [-0.25, -0.2) is 0 Å². The number of rotatable bonds is 5. The Kier molecular flexibility index (Phi) is 4.88. The fraction of sp³-hybridized carbons (Fsp3) is 0.308. The number of hydrogen-bond acceptors (Lipinski definition) is 4. The highest BCUT2D eigenvalue weighted by atomic mass is 79.9. The molecule has 5 heteroatoms. The maximum atomic E-state index is 5.63. The lowest BCUT2D eigenvalue weighted by Crippen LogP contribution is -2.29. The molecule has 0 saturated heterocycles. The topological polar surface area (TPSA) is 50.9 Å². The molecule has 0 saturated carbocycles. The molecule has 2 rings (SSSR count). The third kappa shape index (κ3) is 3.38. The average Bonchev–Trinajstić information content (AvgIpc) is 2.83. The van der Waals surface area contributed by atoms with Crippen molar-refractivity contribution in [3.63, 3.8) is 0 Å². The van der Waals surface area contributed by atoms with Crippen LogP contribution in [0.25, 0.3) is 0 Å². The highest BCUT2D eigenvalue weighted by Gasteiger charge is 2.13. The first-order valence-corrected chi connectivity index (χ1v) is 7.49. The van der Waals surface area contributed by atoms with Crippen molar-refractivity contribution in [3.8, 4) is 0 Å². The lowest BCUT2D eigenvalue weighted by molar-refractivity contribution is 0.554. The van der Waals surface area contributed by atoms with Crippen LogP contribution in [0, 0.1) is 0 Å². The molecule has 2 heterocycles. The molecule has 0 bridgehead atoms. The van der Waals surface area contributed by atoms with Crippen LogP contribution in [-0.4, -0.2) is 4.98 Å². The fourth-order valence-electron chi connectivity index (χ4n) is 1.75. The molecule has 0 spiro atoms. The van der Waals surface area contributed by atoms with E-state index in [1.165, 1.54) is 10.4 Å². The number of thiophene rings is 1. The highest BCUT2D eigenvalue weighted by molar-refractivity contribution is 9.11. The summed E-state index contributed by atoms with van der Waals surface area (Å²) in [5, 5.41) is 0. The van der Waals surface area contributed by atoms with Crippen molar-refractivity contribution in [1.29, 1.82) is 0 Å². The number of nitrogens with two attached hydrogens (primary N) is 1. The second-order valence-corrected chi connectivity index (χ2v) is 6.57. The summed E-state index contributed by atoms with van der Waals surface area (Å²) in [5.74, 6) is 5.63. The van der Waals surface area contributed by atoms with Crippen LogP contribution in [0.5, 0.6) is 0 Å². The monoisotopic (exact) mass is 325 g/mol. The molecule has 0 radical (unpaired) electrons. The summed E-state index contributed by atoms with van der Waals surface area (Å²) in [7, 11) is 0. The van der Waals surface area contributed by atoms with Gasteiger partial charge in [-0.2, -0.15) is 0 Å². The van der Waals surface area contributed by atoms with Crippen LogP contribution >= 0.6 is 27.3 Å². The molecule has 18 heavy (non-hydrogen) atoms. The summed E-state index contributed by atoms with van der Waals surface area (Å²) < 4.78 is 1.12. The molecule has 0 aliphatic carbocycles. The van der Waals surface area contributed by atoms with Crippen LogP contribution < -0.4 is 11.3 Å². The van der Waals surface area contributed by atoms with E-state index in [0.29, 0.717) is 0 Å². The van der Waals surface area contributed by atoms with Gasteiger partial charge in [0.2, 0.25) is 0 Å². The van der Waals surface area contributed by atoms with Crippen molar-refractivity contribution in [2.45, 2.75) is 25.8 Å². The molecule has 3 N–H and O–H groups in total. The van der Waals surface area contributed by atoms with E-state index in [0.717, 1.165) is 22.3 Å². The van der Waals surface area contributed by atoms with Gasteiger partial charge in [0.05, 0.1) is 9.83 Å². The quantitative estimate of drug-likeness (QED) is 0.655. The minimum absolute atomic E-state index is 0.112. The molecular weight excluding hydrogens is 310 g/mol. The van der Waals surface area contributed by atoms with Crippen LogP contribution in [0.15, 0.2) is 34.2 Å². The Labute approximate surface area is 120 Å². The molecule has 0 amide bonds. The van der Waals surface area contributed by atoms with E-state index in [1.54, 1.807) is 11.3 Å². The minimum Gasteiger partial charge on any atom is -0.271 e. The zero-order chi connectivity index (χ0) is 13.0. The largest absolute Gasteiger partial charge is 0.271 e. The van der Waals surface area contributed by atoms with Gasteiger partial charge >= 0.3 is 0 Å². The third-order valence-electron chi connectivity index (χ3n) is 2.85. The molecule has 0 fully saturated rings. The van der Waals surface area contributed by atoms with Crippen molar-refractivity contribution in [3.05, 3.63) is 50.4 Å². The number of halogens is 1. The van der Waals surface area contributed by atoms with Gasteiger partial charge in [0.1, 0.15) is 0 Å².